The van der Waals surface area contributed by atoms with E-state index in [0.29, 0.717) is 21.9 Å². The number of halogens is 1. The lowest BCUT2D eigenvalue weighted by atomic mass is 10.1. The molecule has 0 aliphatic carbocycles. The fraction of sp³-hybridized carbons (Fsp3) is 0.300. The fourth-order valence-corrected chi connectivity index (χ4v) is 4.87. The van der Waals surface area contributed by atoms with Crippen LogP contribution in [-0.2, 0) is 28.9 Å². The number of nitrogens with zero attached hydrogens (tertiary/aromatic N) is 3. The molecule has 10 heteroatoms. The second-order valence-electron chi connectivity index (χ2n) is 7.06. The van der Waals surface area contributed by atoms with Gasteiger partial charge in [-0.15, -0.1) is 0 Å². The van der Waals surface area contributed by atoms with Gasteiger partial charge in [-0.25, -0.2) is 13.2 Å². The molecule has 1 N–H and O–H groups in total. The van der Waals surface area contributed by atoms with Gasteiger partial charge in [0.1, 0.15) is 6.04 Å². The van der Waals surface area contributed by atoms with E-state index in [4.69, 9.17) is 11.6 Å². The van der Waals surface area contributed by atoms with Crippen molar-refractivity contribution in [2.24, 2.45) is 14.1 Å². The number of rotatable bonds is 6. The average molecular weight is 451 g/mol. The fourth-order valence-electron chi connectivity index (χ4n) is 3.48. The molecule has 3 aromatic rings. The number of nitrogens with one attached hydrogen (secondary N) is 1. The zero-order valence-electron chi connectivity index (χ0n) is 17.1. The molecular formula is C20H23ClN4O4S. The van der Waals surface area contributed by atoms with Crippen LogP contribution in [0.25, 0.3) is 11.0 Å². The Balaban J connectivity index is 1.98. The zero-order valence-corrected chi connectivity index (χ0v) is 18.7. The highest BCUT2D eigenvalue weighted by molar-refractivity contribution is 7.92. The van der Waals surface area contributed by atoms with Gasteiger partial charge in [-0.1, -0.05) is 24.6 Å². The molecule has 0 unspecified atom stereocenters. The van der Waals surface area contributed by atoms with Crippen molar-refractivity contribution in [3.63, 3.8) is 0 Å². The molecule has 1 atom stereocenters. The summed E-state index contributed by atoms with van der Waals surface area (Å²) in [5.74, 6) is -0.483. The van der Waals surface area contributed by atoms with E-state index >= 15 is 0 Å². The van der Waals surface area contributed by atoms with E-state index in [-0.39, 0.29) is 12.1 Å². The molecule has 2 aromatic carbocycles. The summed E-state index contributed by atoms with van der Waals surface area (Å²) in [6.45, 7) is 1.73. The SMILES string of the molecule is CC[C@@H](C(=O)Nc1ccc2c(c1)n(C)c(=O)n2C)N(c1cccc(Cl)c1)S(C)(=O)=O. The second kappa shape index (κ2) is 8.16. The molecule has 0 radical (unpaired) electrons. The molecule has 0 saturated carbocycles. The number of carbonyl (C=O) groups is 1. The van der Waals surface area contributed by atoms with Crippen LogP contribution in [0.2, 0.25) is 5.02 Å². The van der Waals surface area contributed by atoms with Crippen LogP contribution < -0.4 is 15.3 Å². The maximum Gasteiger partial charge on any atom is 0.328 e. The Bertz CT molecular complexity index is 1280. The number of benzene rings is 2. The zero-order chi connectivity index (χ0) is 22.2. The number of aromatic nitrogens is 2. The smallest absolute Gasteiger partial charge is 0.324 e. The van der Waals surface area contributed by atoms with Gasteiger partial charge in [-0.2, -0.15) is 0 Å². The summed E-state index contributed by atoms with van der Waals surface area (Å²) >= 11 is 6.03. The van der Waals surface area contributed by atoms with Gasteiger partial charge in [0.2, 0.25) is 15.9 Å². The lowest BCUT2D eigenvalue weighted by Gasteiger charge is -2.30. The quantitative estimate of drug-likeness (QED) is 0.624. The number of hydrogen-bond donors (Lipinski definition) is 1. The second-order valence-corrected chi connectivity index (χ2v) is 9.35. The summed E-state index contributed by atoms with van der Waals surface area (Å²) in [7, 11) is -0.442. The van der Waals surface area contributed by atoms with Gasteiger partial charge in [0, 0.05) is 24.8 Å². The number of imidazole rings is 1. The van der Waals surface area contributed by atoms with Gasteiger partial charge in [0.25, 0.3) is 0 Å². The molecule has 30 heavy (non-hydrogen) atoms. The highest BCUT2D eigenvalue weighted by atomic mass is 35.5. The van der Waals surface area contributed by atoms with Crippen LogP contribution >= 0.6 is 11.6 Å². The predicted molar refractivity (Wildman–Crippen MR) is 120 cm³/mol. The molecule has 8 nitrogen and oxygen atoms in total. The van der Waals surface area contributed by atoms with Crippen molar-refractivity contribution in [1.29, 1.82) is 0 Å². The first-order valence-electron chi connectivity index (χ1n) is 9.26. The Morgan fingerprint density at radius 1 is 1.13 bits per heavy atom. The topological polar surface area (TPSA) is 93.4 Å². The third kappa shape index (κ3) is 4.08. The lowest BCUT2D eigenvalue weighted by molar-refractivity contribution is -0.117. The number of fused-ring (bicyclic) bond motifs is 1. The number of anilines is 2. The van der Waals surface area contributed by atoms with Crippen molar-refractivity contribution < 1.29 is 13.2 Å². The molecule has 0 aliphatic rings. The summed E-state index contributed by atoms with van der Waals surface area (Å²) in [6.07, 6.45) is 1.30. The van der Waals surface area contributed by atoms with Crippen LogP contribution in [0.4, 0.5) is 11.4 Å². The molecule has 1 amide bonds. The molecule has 0 fully saturated rings. The van der Waals surface area contributed by atoms with Gasteiger partial charge < -0.3 is 5.32 Å². The van der Waals surface area contributed by atoms with E-state index < -0.39 is 22.0 Å². The first-order chi connectivity index (χ1) is 14.0. The van der Waals surface area contributed by atoms with Crippen LogP contribution in [0.3, 0.4) is 0 Å². The minimum Gasteiger partial charge on any atom is -0.324 e. The molecule has 0 spiro atoms. The van der Waals surface area contributed by atoms with Crippen LogP contribution in [0.5, 0.6) is 0 Å². The van der Waals surface area contributed by atoms with Gasteiger partial charge in [0.15, 0.2) is 0 Å². The summed E-state index contributed by atoms with van der Waals surface area (Å²) < 4.78 is 29.1. The first-order valence-corrected chi connectivity index (χ1v) is 11.5. The van der Waals surface area contributed by atoms with Crippen LogP contribution in [0.15, 0.2) is 47.3 Å². The van der Waals surface area contributed by atoms with E-state index in [1.807, 2.05) is 0 Å². The number of sulfonamides is 1. The Morgan fingerprint density at radius 2 is 1.80 bits per heavy atom. The van der Waals surface area contributed by atoms with Crippen LogP contribution in [-0.4, -0.2) is 35.8 Å². The molecule has 0 bridgehead atoms. The maximum atomic E-state index is 13.1. The third-order valence-corrected chi connectivity index (χ3v) is 6.35. The Morgan fingerprint density at radius 3 is 2.40 bits per heavy atom. The number of hydrogen-bond acceptors (Lipinski definition) is 4. The Hall–Kier alpha value is -2.78. The average Bonchev–Trinajstić information content (AvgIpc) is 2.88. The van der Waals surface area contributed by atoms with Gasteiger partial charge >= 0.3 is 5.69 Å². The van der Waals surface area contributed by atoms with E-state index in [1.165, 1.54) is 15.2 Å². The Kier molecular flexibility index (Phi) is 5.96. The molecule has 160 valence electrons. The highest BCUT2D eigenvalue weighted by Crippen LogP contribution is 2.26. The van der Waals surface area contributed by atoms with E-state index in [2.05, 4.69) is 5.32 Å². The Labute approximate surface area is 179 Å². The standard InChI is InChI=1S/C20H23ClN4O4S/c1-5-16(25(30(4,28)29)15-8-6-7-13(21)11-15)19(26)22-14-9-10-17-18(12-14)24(3)20(27)23(17)2/h6-12,16H,5H2,1-4H3,(H,22,26)/t16-/m0/s1. The number of amides is 1. The van der Waals surface area contributed by atoms with E-state index in [0.717, 1.165) is 16.1 Å². The normalized spacial score (nSPS) is 12.7. The van der Waals surface area contributed by atoms with Crippen molar-refractivity contribution in [1.82, 2.24) is 9.13 Å². The van der Waals surface area contributed by atoms with Crippen molar-refractivity contribution in [3.05, 3.63) is 58.0 Å². The highest BCUT2D eigenvalue weighted by Gasteiger charge is 2.31. The van der Waals surface area contributed by atoms with E-state index in [1.54, 1.807) is 57.4 Å². The minimum atomic E-state index is -3.76. The number of carbonyl (C=O) groups excluding carboxylic acids is 1. The van der Waals surface area contributed by atoms with Crippen molar-refractivity contribution >= 4 is 49.9 Å². The molecule has 1 aromatic heterocycles. The monoisotopic (exact) mass is 450 g/mol. The van der Waals surface area contributed by atoms with E-state index in [9.17, 15) is 18.0 Å². The molecule has 0 saturated heterocycles. The largest absolute Gasteiger partial charge is 0.328 e. The number of aryl methyl sites for hydroxylation is 2. The van der Waals surface area contributed by atoms with Crippen LogP contribution in [0.1, 0.15) is 13.3 Å². The molecular weight excluding hydrogens is 428 g/mol. The minimum absolute atomic E-state index is 0.177. The summed E-state index contributed by atoms with van der Waals surface area (Å²) in [4.78, 5) is 25.2. The lowest BCUT2D eigenvalue weighted by Crippen LogP contribution is -2.47. The molecule has 3 rings (SSSR count). The summed E-state index contributed by atoms with van der Waals surface area (Å²) in [5.41, 5.74) is 1.98. The molecule has 0 aliphatic heterocycles. The van der Waals surface area contributed by atoms with Crippen LogP contribution in [0, 0.1) is 0 Å². The maximum absolute atomic E-state index is 13.1. The van der Waals surface area contributed by atoms with Gasteiger partial charge in [-0.3, -0.25) is 18.2 Å². The predicted octanol–water partition coefficient (Wildman–Crippen LogP) is 2.71. The van der Waals surface area contributed by atoms with Crippen molar-refractivity contribution in [2.75, 3.05) is 15.9 Å². The van der Waals surface area contributed by atoms with Crippen molar-refractivity contribution in [2.45, 2.75) is 19.4 Å². The summed E-state index contributed by atoms with van der Waals surface area (Å²) in [5, 5.41) is 3.14. The summed E-state index contributed by atoms with van der Waals surface area (Å²) in [6, 6.07) is 10.5. The van der Waals surface area contributed by atoms with Gasteiger partial charge in [0.05, 0.1) is 23.0 Å². The molecule has 1 heterocycles. The van der Waals surface area contributed by atoms with Crippen molar-refractivity contribution in [3.8, 4) is 0 Å². The third-order valence-electron chi connectivity index (χ3n) is 4.93. The van der Waals surface area contributed by atoms with Gasteiger partial charge in [-0.05, 0) is 42.8 Å². The first kappa shape index (κ1) is 21.9.